The molecule has 0 saturated heterocycles. The molecule has 3 aromatic carbocycles. The average Bonchev–Trinajstić information content (AvgIpc) is 2.67. The lowest BCUT2D eigenvalue weighted by molar-refractivity contribution is 0.566. The summed E-state index contributed by atoms with van der Waals surface area (Å²) in [7, 11) is 0. The Morgan fingerprint density at radius 3 is 2.37 bits per heavy atom. The van der Waals surface area contributed by atoms with Gasteiger partial charge in [-0.2, -0.15) is 0 Å². The molecule has 0 aromatic heterocycles. The van der Waals surface area contributed by atoms with Gasteiger partial charge in [-0.05, 0) is 46.7 Å². The molecule has 0 fully saturated rings. The average molecular weight is 363 g/mol. The van der Waals surface area contributed by atoms with Crippen molar-refractivity contribution in [3.05, 3.63) is 101 Å². The van der Waals surface area contributed by atoms with Gasteiger partial charge in [0.1, 0.15) is 11.6 Å². The maximum Gasteiger partial charge on any atom is 0.149 e. The van der Waals surface area contributed by atoms with Gasteiger partial charge in [-0.1, -0.05) is 62.4 Å². The number of nitrogens with zero attached hydrogens (tertiary/aromatic N) is 1. The summed E-state index contributed by atoms with van der Waals surface area (Å²) in [6, 6.07) is 20.7. The number of anilines is 1. The van der Waals surface area contributed by atoms with Crippen molar-refractivity contribution in [1.82, 2.24) is 0 Å². The quantitative estimate of drug-likeness (QED) is 0.532. The second-order valence-corrected chi connectivity index (χ2v) is 7.46. The van der Waals surface area contributed by atoms with Crippen LogP contribution in [-0.4, -0.2) is 6.54 Å². The topological polar surface area (TPSA) is 3.24 Å². The number of fused-ring (bicyclic) bond motifs is 1. The molecular formula is C24H23F2N. The van der Waals surface area contributed by atoms with Crippen LogP contribution >= 0.6 is 0 Å². The Hall–Kier alpha value is -2.68. The van der Waals surface area contributed by atoms with Crippen LogP contribution in [-0.2, 0) is 6.42 Å². The smallest absolute Gasteiger partial charge is 0.149 e. The van der Waals surface area contributed by atoms with Crippen LogP contribution in [0.4, 0.5) is 14.5 Å². The Bertz CT molecular complexity index is 947. The molecule has 1 atom stereocenters. The van der Waals surface area contributed by atoms with Crippen LogP contribution in [0.15, 0.2) is 66.7 Å². The van der Waals surface area contributed by atoms with Crippen LogP contribution in [0.25, 0.3) is 0 Å². The Labute approximate surface area is 159 Å². The predicted octanol–water partition coefficient (Wildman–Crippen LogP) is 6.24. The lowest BCUT2D eigenvalue weighted by atomic mass is 9.87. The van der Waals surface area contributed by atoms with Gasteiger partial charge in [-0.15, -0.1) is 0 Å². The molecule has 1 nitrogen and oxygen atoms in total. The van der Waals surface area contributed by atoms with Gasteiger partial charge in [0.25, 0.3) is 0 Å². The van der Waals surface area contributed by atoms with Gasteiger partial charge in [0.2, 0.25) is 0 Å². The van der Waals surface area contributed by atoms with E-state index in [0.717, 1.165) is 18.1 Å². The summed E-state index contributed by atoms with van der Waals surface area (Å²) in [5.74, 6) is -0.604. The summed E-state index contributed by atoms with van der Waals surface area (Å²) in [5.41, 5.74) is 5.32. The van der Waals surface area contributed by atoms with E-state index in [2.05, 4.69) is 55.1 Å². The molecule has 3 heteroatoms. The molecule has 27 heavy (non-hydrogen) atoms. The highest BCUT2D eigenvalue weighted by Crippen LogP contribution is 2.39. The van der Waals surface area contributed by atoms with Gasteiger partial charge in [0, 0.05) is 12.6 Å². The van der Waals surface area contributed by atoms with Crippen molar-refractivity contribution in [3.63, 3.8) is 0 Å². The second kappa shape index (κ2) is 7.15. The fourth-order valence-electron chi connectivity index (χ4n) is 3.96. The van der Waals surface area contributed by atoms with Crippen molar-refractivity contribution in [2.45, 2.75) is 32.2 Å². The van der Waals surface area contributed by atoms with E-state index in [-0.39, 0.29) is 6.04 Å². The maximum atomic E-state index is 14.6. The minimum absolute atomic E-state index is 0.0869. The lowest BCUT2D eigenvalue weighted by Crippen LogP contribution is -2.36. The zero-order valence-electron chi connectivity index (χ0n) is 15.6. The molecule has 4 rings (SSSR count). The van der Waals surface area contributed by atoms with Crippen molar-refractivity contribution in [1.29, 1.82) is 0 Å². The van der Waals surface area contributed by atoms with Gasteiger partial charge in [0.15, 0.2) is 0 Å². The number of hydrogen-bond donors (Lipinski definition) is 0. The zero-order chi connectivity index (χ0) is 19.0. The number of halogens is 2. The van der Waals surface area contributed by atoms with Gasteiger partial charge in [0.05, 0.1) is 11.7 Å². The first-order chi connectivity index (χ1) is 13.0. The summed E-state index contributed by atoms with van der Waals surface area (Å²) < 4.78 is 28.0. The first-order valence-corrected chi connectivity index (χ1v) is 9.44. The summed E-state index contributed by atoms with van der Waals surface area (Å²) in [5, 5.41) is 0. The van der Waals surface area contributed by atoms with Crippen molar-refractivity contribution >= 4 is 5.69 Å². The van der Waals surface area contributed by atoms with Crippen molar-refractivity contribution in [3.8, 4) is 0 Å². The molecule has 138 valence electrons. The standard InChI is InChI=1S/C24H23F2N/c1-16(2)17-7-9-19(10-8-17)24-21-6-4-3-5-18(21)13-14-27(24)23-12-11-20(25)15-22(23)26/h3-12,15-16,24H,13-14H2,1-2H3. The molecule has 3 aromatic rings. The van der Waals surface area contributed by atoms with E-state index in [1.165, 1.54) is 22.8 Å². The minimum atomic E-state index is -0.550. The fraction of sp³-hybridized carbons (Fsp3) is 0.250. The molecule has 0 saturated carbocycles. The van der Waals surface area contributed by atoms with Crippen LogP contribution in [0, 0.1) is 11.6 Å². The monoisotopic (exact) mass is 363 g/mol. The second-order valence-electron chi connectivity index (χ2n) is 7.46. The highest BCUT2D eigenvalue weighted by atomic mass is 19.1. The normalized spacial score (nSPS) is 16.5. The third-order valence-corrected chi connectivity index (χ3v) is 5.42. The van der Waals surface area contributed by atoms with Crippen LogP contribution < -0.4 is 4.90 Å². The van der Waals surface area contributed by atoms with E-state index >= 15 is 0 Å². The Morgan fingerprint density at radius 1 is 0.926 bits per heavy atom. The Balaban J connectivity index is 1.83. The van der Waals surface area contributed by atoms with Gasteiger partial charge in [-0.25, -0.2) is 8.78 Å². The van der Waals surface area contributed by atoms with Crippen molar-refractivity contribution < 1.29 is 8.78 Å². The highest BCUT2D eigenvalue weighted by molar-refractivity contribution is 5.57. The van der Waals surface area contributed by atoms with Crippen LogP contribution in [0.5, 0.6) is 0 Å². The number of hydrogen-bond acceptors (Lipinski definition) is 1. The van der Waals surface area contributed by atoms with E-state index < -0.39 is 11.6 Å². The maximum absolute atomic E-state index is 14.6. The SMILES string of the molecule is CC(C)c1ccc(C2c3ccccc3CCN2c2ccc(F)cc2F)cc1. The minimum Gasteiger partial charge on any atom is -0.358 e. The van der Waals surface area contributed by atoms with Gasteiger partial charge < -0.3 is 4.90 Å². The number of benzene rings is 3. The largest absolute Gasteiger partial charge is 0.358 e. The number of rotatable bonds is 3. The van der Waals surface area contributed by atoms with Gasteiger partial charge in [-0.3, -0.25) is 0 Å². The molecule has 1 heterocycles. The van der Waals surface area contributed by atoms with Crippen LogP contribution in [0.2, 0.25) is 0 Å². The summed E-state index contributed by atoms with van der Waals surface area (Å²) in [6.45, 7) is 5.03. The molecule has 0 amide bonds. The molecule has 0 N–H and O–H groups in total. The predicted molar refractivity (Wildman–Crippen MR) is 106 cm³/mol. The summed E-state index contributed by atoms with van der Waals surface area (Å²) in [6.07, 6.45) is 0.841. The van der Waals surface area contributed by atoms with Crippen LogP contribution in [0.1, 0.15) is 48.1 Å². The van der Waals surface area contributed by atoms with E-state index in [4.69, 9.17) is 0 Å². The first kappa shape index (κ1) is 17.7. The molecule has 0 spiro atoms. The third kappa shape index (κ3) is 3.34. The molecule has 1 unspecified atom stereocenters. The summed E-state index contributed by atoms with van der Waals surface area (Å²) in [4.78, 5) is 2.06. The Kier molecular flexibility index (Phi) is 4.69. The molecule has 0 bridgehead atoms. The van der Waals surface area contributed by atoms with Gasteiger partial charge >= 0.3 is 0 Å². The lowest BCUT2D eigenvalue weighted by Gasteiger charge is -2.39. The van der Waals surface area contributed by atoms with Crippen LogP contribution in [0.3, 0.4) is 0 Å². The fourth-order valence-corrected chi connectivity index (χ4v) is 3.96. The van der Waals surface area contributed by atoms with E-state index in [1.807, 2.05) is 12.1 Å². The highest BCUT2D eigenvalue weighted by Gasteiger charge is 2.30. The van der Waals surface area contributed by atoms with Crippen molar-refractivity contribution in [2.24, 2.45) is 0 Å². The molecule has 1 aliphatic rings. The van der Waals surface area contributed by atoms with Crippen molar-refractivity contribution in [2.75, 3.05) is 11.4 Å². The van der Waals surface area contributed by atoms with E-state index in [9.17, 15) is 8.78 Å². The van der Waals surface area contributed by atoms with E-state index in [1.54, 1.807) is 6.07 Å². The molecule has 0 radical (unpaired) electrons. The Morgan fingerprint density at radius 2 is 1.67 bits per heavy atom. The summed E-state index contributed by atoms with van der Waals surface area (Å²) >= 11 is 0. The third-order valence-electron chi connectivity index (χ3n) is 5.42. The first-order valence-electron chi connectivity index (χ1n) is 9.44. The molecule has 1 aliphatic heterocycles. The molecular weight excluding hydrogens is 340 g/mol. The van der Waals surface area contributed by atoms with E-state index in [0.29, 0.717) is 18.2 Å². The zero-order valence-corrected chi connectivity index (χ0v) is 15.6. The molecule has 0 aliphatic carbocycles.